The van der Waals surface area contributed by atoms with E-state index in [9.17, 15) is 4.39 Å². The molecule has 0 saturated heterocycles. The van der Waals surface area contributed by atoms with Crippen molar-refractivity contribution < 1.29 is 4.39 Å². The number of aromatic nitrogens is 2. The van der Waals surface area contributed by atoms with Gasteiger partial charge in [-0.3, -0.25) is 4.68 Å². The Labute approximate surface area is 99.2 Å². The van der Waals surface area contributed by atoms with Gasteiger partial charge in [-0.05, 0) is 31.2 Å². The third-order valence-electron chi connectivity index (χ3n) is 2.35. The zero-order valence-electron chi connectivity index (χ0n) is 9.60. The molecule has 17 heavy (non-hydrogen) atoms. The molecule has 3 N–H and O–H groups in total. The zero-order valence-corrected chi connectivity index (χ0v) is 9.60. The summed E-state index contributed by atoms with van der Waals surface area (Å²) in [7, 11) is 0. The number of nitrogen functional groups attached to an aromatic ring is 1. The molecule has 4 nitrogen and oxygen atoms in total. The number of hydrogen-bond acceptors (Lipinski definition) is 3. The number of halogens is 1. The van der Waals surface area contributed by atoms with Gasteiger partial charge >= 0.3 is 0 Å². The van der Waals surface area contributed by atoms with Crippen molar-refractivity contribution in [1.29, 1.82) is 0 Å². The van der Waals surface area contributed by atoms with Crippen molar-refractivity contribution >= 4 is 11.4 Å². The first kappa shape index (κ1) is 11.4. The quantitative estimate of drug-likeness (QED) is 0.796. The van der Waals surface area contributed by atoms with Gasteiger partial charge in [0.05, 0.1) is 6.54 Å². The highest BCUT2D eigenvalue weighted by molar-refractivity contribution is 5.54. The Morgan fingerprint density at radius 3 is 2.94 bits per heavy atom. The molecule has 0 bridgehead atoms. The molecule has 0 aliphatic carbocycles. The van der Waals surface area contributed by atoms with Gasteiger partial charge in [0.1, 0.15) is 5.82 Å². The fraction of sp³-hybridized carbons (Fsp3) is 0.250. The summed E-state index contributed by atoms with van der Waals surface area (Å²) >= 11 is 0. The lowest BCUT2D eigenvalue weighted by Crippen LogP contribution is -2.22. The van der Waals surface area contributed by atoms with Crippen LogP contribution in [0.1, 0.15) is 6.92 Å². The molecule has 0 fully saturated rings. The smallest absolute Gasteiger partial charge is 0.127 e. The molecule has 1 atom stereocenters. The lowest BCUT2D eigenvalue weighted by molar-refractivity contribution is 0.560. The molecular weight excluding hydrogens is 219 g/mol. The average molecular weight is 234 g/mol. The molecule has 0 spiro atoms. The van der Waals surface area contributed by atoms with Gasteiger partial charge in [0.15, 0.2) is 0 Å². The molecule has 2 aromatic rings. The summed E-state index contributed by atoms with van der Waals surface area (Å²) in [6, 6.07) is 6.44. The molecule has 5 heteroatoms. The normalized spacial score (nSPS) is 12.4. The number of rotatable bonds is 4. The molecule has 0 aliphatic heterocycles. The first-order chi connectivity index (χ1) is 8.13. The van der Waals surface area contributed by atoms with Crippen LogP contribution in [0.5, 0.6) is 0 Å². The van der Waals surface area contributed by atoms with Crippen LogP contribution in [0.4, 0.5) is 15.8 Å². The summed E-state index contributed by atoms with van der Waals surface area (Å²) in [4.78, 5) is 0. The fourth-order valence-corrected chi connectivity index (χ4v) is 1.71. The molecule has 0 amide bonds. The third-order valence-corrected chi connectivity index (χ3v) is 2.35. The number of anilines is 2. The molecule has 1 aromatic heterocycles. The Balaban J connectivity index is 2.00. The highest BCUT2D eigenvalue weighted by Gasteiger charge is 2.05. The molecule has 0 saturated carbocycles. The third kappa shape index (κ3) is 3.21. The van der Waals surface area contributed by atoms with Gasteiger partial charge in [0.2, 0.25) is 0 Å². The molecule has 1 unspecified atom stereocenters. The van der Waals surface area contributed by atoms with Gasteiger partial charge in [-0.1, -0.05) is 0 Å². The van der Waals surface area contributed by atoms with Crippen LogP contribution in [0.2, 0.25) is 0 Å². The number of hydrogen-bond donors (Lipinski definition) is 2. The molecule has 0 radical (unpaired) electrons. The Morgan fingerprint density at radius 2 is 2.29 bits per heavy atom. The van der Waals surface area contributed by atoms with E-state index in [1.807, 2.05) is 23.9 Å². The molecular formula is C12H15FN4. The van der Waals surface area contributed by atoms with Gasteiger partial charge in [0.25, 0.3) is 0 Å². The van der Waals surface area contributed by atoms with Crippen molar-refractivity contribution in [1.82, 2.24) is 9.78 Å². The van der Waals surface area contributed by atoms with Crippen molar-refractivity contribution in [2.24, 2.45) is 0 Å². The Kier molecular flexibility index (Phi) is 3.27. The lowest BCUT2D eigenvalue weighted by Gasteiger charge is -2.15. The van der Waals surface area contributed by atoms with E-state index in [2.05, 4.69) is 10.4 Å². The number of benzene rings is 1. The summed E-state index contributed by atoms with van der Waals surface area (Å²) in [5.74, 6) is -0.334. The van der Waals surface area contributed by atoms with Crippen LogP contribution in [0.15, 0.2) is 36.7 Å². The van der Waals surface area contributed by atoms with Gasteiger partial charge in [-0.25, -0.2) is 4.39 Å². The molecule has 0 aliphatic rings. The van der Waals surface area contributed by atoms with Crippen molar-refractivity contribution in [3.8, 4) is 0 Å². The van der Waals surface area contributed by atoms with Crippen LogP contribution >= 0.6 is 0 Å². The van der Waals surface area contributed by atoms with E-state index in [0.717, 1.165) is 0 Å². The van der Waals surface area contributed by atoms with Gasteiger partial charge in [-0.15, -0.1) is 0 Å². The Bertz CT molecular complexity index is 461. The van der Waals surface area contributed by atoms with Crippen LogP contribution in [-0.2, 0) is 6.54 Å². The minimum absolute atomic E-state index is 0.135. The second-order valence-electron chi connectivity index (χ2n) is 4.05. The summed E-state index contributed by atoms with van der Waals surface area (Å²) in [5, 5.41) is 7.29. The summed E-state index contributed by atoms with van der Waals surface area (Å²) in [5.41, 5.74) is 6.67. The van der Waals surface area contributed by atoms with Crippen LogP contribution in [-0.4, -0.2) is 15.8 Å². The SMILES string of the molecule is CC(Cn1cccn1)Nc1cc(N)cc(F)c1. The topological polar surface area (TPSA) is 55.9 Å². The minimum atomic E-state index is -0.334. The maximum absolute atomic E-state index is 13.1. The monoisotopic (exact) mass is 234 g/mol. The van der Waals surface area contributed by atoms with Crippen molar-refractivity contribution in [2.75, 3.05) is 11.1 Å². The number of nitrogens with one attached hydrogen (secondary N) is 1. The van der Waals surface area contributed by atoms with Crippen molar-refractivity contribution in [3.63, 3.8) is 0 Å². The summed E-state index contributed by atoms with van der Waals surface area (Å²) in [6.45, 7) is 2.71. The zero-order chi connectivity index (χ0) is 12.3. The maximum atomic E-state index is 13.1. The standard InChI is InChI=1S/C12H15FN4/c1-9(8-17-4-2-3-15-17)16-12-6-10(13)5-11(14)7-12/h2-7,9,16H,8,14H2,1H3. The first-order valence-corrected chi connectivity index (χ1v) is 5.43. The molecule has 1 heterocycles. The van der Waals surface area contributed by atoms with Crippen LogP contribution in [0.3, 0.4) is 0 Å². The molecule has 1 aromatic carbocycles. The Hall–Kier alpha value is -2.04. The average Bonchev–Trinajstić information content (AvgIpc) is 2.67. The second kappa shape index (κ2) is 4.86. The molecule has 2 rings (SSSR count). The number of nitrogens with zero attached hydrogens (tertiary/aromatic N) is 2. The second-order valence-corrected chi connectivity index (χ2v) is 4.05. The van der Waals surface area contributed by atoms with Crippen molar-refractivity contribution in [2.45, 2.75) is 19.5 Å². The summed E-state index contributed by atoms with van der Waals surface area (Å²) < 4.78 is 14.9. The van der Waals surface area contributed by atoms with E-state index >= 15 is 0 Å². The Morgan fingerprint density at radius 1 is 1.47 bits per heavy atom. The van der Waals surface area contributed by atoms with E-state index in [-0.39, 0.29) is 11.9 Å². The van der Waals surface area contributed by atoms with E-state index in [4.69, 9.17) is 5.73 Å². The van der Waals surface area contributed by atoms with Gasteiger partial charge in [0, 0.05) is 29.8 Å². The predicted octanol–water partition coefficient (Wildman–Crippen LogP) is 2.10. The molecule has 90 valence electrons. The predicted molar refractivity (Wildman–Crippen MR) is 66.1 cm³/mol. The van der Waals surface area contributed by atoms with Crippen molar-refractivity contribution in [3.05, 3.63) is 42.5 Å². The lowest BCUT2D eigenvalue weighted by atomic mass is 10.2. The first-order valence-electron chi connectivity index (χ1n) is 5.43. The van der Waals surface area contributed by atoms with E-state index < -0.39 is 0 Å². The maximum Gasteiger partial charge on any atom is 0.127 e. The van der Waals surface area contributed by atoms with E-state index in [1.165, 1.54) is 12.1 Å². The van der Waals surface area contributed by atoms with Crippen LogP contribution < -0.4 is 11.1 Å². The van der Waals surface area contributed by atoms with E-state index in [1.54, 1.807) is 12.3 Å². The summed E-state index contributed by atoms with van der Waals surface area (Å²) in [6.07, 6.45) is 3.62. The van der Waals surface area contributed by atoms with E-state index in [0.29, 0.717) is 17.9 Å². The van der Waals surface area contributed by atoms with Crippen LogP contribution in [0.25, 0.3) is 0 Å². The minimum Gasteiger partial charge on any atom is -0.399 e. The van der Waals surface area contributed by atoms with Gasteiger partial charge < -0.3 is 11.1 Å². The highest BCUT2D eigenvalue weighted by atomic mass is 19.1. The van der Waals surface area contributed by atoms with Gasteiger partial charge in [-0.2, -0.15) is 5.10 Å². The number of nitrogens with two attached hydrogens (primary N) is 1. The fourth-order valence-electron chi connectivity index (χ4n) is 1.71. The van der Waals surface area contributed by atoms with Crippen LogP contribution in [0, 0.1) is 5.82 Å². The highest BCUT2D eigenvalue weighted by Crippen LogP contribution is 2.16. The largest absolute Gasteiger partial charge is 0.399 e.